The fourth-order valence-electron chi connectivity index (χ4n) is 4.22. The van der Waals surface area contributed by atoms with E-state index in [9.17, 15) is 9.00 Å². The molecule has 8 heteroatoms. The second-order valence-corrected chi connectivity index (χ2v) is 9.83. The maximum Gasteiger partial charge on any atom is 0.244 e. The zero-order valence-corrected chi connectivity index (χ0v) is 21.2. The van der Waals surface area contributed by atoms with Crippen LogP contribution in [0.3, 0.4) is 0 Å². The monoisotopic (exact) mass is 546 g/mol. The van der Waals surface area contributed by atoms with E-state index in [2.05, 4.69) is 33.8 Å². The molecule has 2 N–H and O–H groups in total. The standard InChI is InChI=1S/C22H34N4O2S.HI/c1-3-23-22(25-19-10-7-11-20(14-19)29(28)4-2)24-15-21(27)26-13-12-17-8-5-6-9-18(17)16-26;/h5-6,8-9,19-20H,3-4,7,10-16H2,1-2H3,(H2,23,24,25);1H. The van der Waals surface area contributed by atoms with Gasteiger partial charge < -0.3 is 15.5 Å². The van der Waals surface area contributed by atoms with Gasteiger partial charge in [-0.15, -0.1) is 24.0 Å². The van der Waals surface area contributed by atoms with Crippen molar-refractivity contribution in [2.45, 2.75) is 63.8 Å². The highest BCUT2D eigenvalue weighted by Gasteiger charge is 2.26. The molecule has 2 aliphatic rings. The number of aliphatic imine (C=N–C) groups is 1. The Hall–Kier alpha value is -1.16. The van der Waals surface area contributed by atoms with E-state index < -0.39 is 10.8 Å². The van der Waals surface area contributed by atoms with Gasteiger partial charge in [0, 0.05) is 47.5 Å². The summed E-state index contributed by atoms with van der Waals surface area (Å²) in [6, 6.07) is 8.59. The van der Waals surface area contributed by atoms with Crippen LogP contribution >= 0.6 is 24.0 Å². The molecule has 1 amide bonds. The third-order valence-electron chi connectivity index (χ3n) is 5.82. The molecule has 0 aromatic heterocycles. The van der Waals surface area contributed by atoms with Gasteiger partial charge >= 0.3 is 0 Å². The lowest BCUT2D eigenvalue weighted by Gasteiger charge is -2.30. The maximum atomic E-state index is 12.7. The molecular formula is C22H35IN4O2S. The normalized spacial score (nSPS) is 22.5. The van der Waals surface area contributed by atoms with Gasteiger partial charge in [-0.2, -0.15) is 0 Å². The summed E-state index contributed by atoms with van der Waals surface area (Å²) in [7, 11) is -0.746. The molecule has 3 unspecified atom stereocenters. The summed E-state index contributed by atoms with van der Waals surface area (Å²) in [6.45, 7) is 6.33. The Morgan fingerprint density at radius 2 is 2.00 bits per heavy atom. The Labute approximate surface area is 200 Å². The zero-order chi connectivity index (χ0) is 20.6. The first kappa shape index (κ1) is 25.1. The van der Waals surface area contributed by atoms with Crippen LogP contribution in [-0.4, -0.2) is 57.7 Å². The molecule has 0 spiro atoms. The largest absolute Gasteiger partial charge is 0.357 e. The first-order valence-corrected chi connectivity index (χ1v) is 12.3. The lowest BCUT2D eigenvalue weighted by atomic mass is 9.95. The van der Waals surface area contributed by atoms with Crippen LogP contribution in [0.5, 0.6) is 0 Å². The summed E-state index contributed by atoms with van der Waals surface area (Å²) < 4.78 is 12.2. The average molecular weight is 547 g/mol. The van der Waals surface area contributed by atoms with Crippen LogP contribution in [0.2, 0.25) is 0 Å². The molecule has 1 fully saturated rings. The number of guanidine groups is 1. The quantitative estimate of drug-likeness (QED) is 0.327. The first-order chi connectivity index (χ1) is 14.1. The van der Waals surface area contributed by atoms with Crippen molar-refractivity contribution < 1.29 is 9.00 Å². The Bertz CT molecular complexity index is 758. The molecule has 168 valence electrons. The summed E-state index contributed by atoms with van der Waals surface area (Å²) >= 11 is 0. The highest BCUT2D eigenvalue weighted by Crippen LogP contribution is 2.23. The number of fused-ring (bicyclic) bond motifs is 1. The van der Waals surface area contributed by atoms with Gasteiger partial charge in [0.25, 0.3) is 0 Å². The maximum absolute atomic E-state index is 12.7. The van der Waals surface area contributed by atoms with Gasteiger partial charge in [0.05, 0.1) is 0 Å². The van der Waals surface area contributed by atoms with Gasteiger partial charge in [0.15, 0.2) is 5.96 Å². The third kappa shape index (κ3) is 6.93. The van der Waals surface area contributed by atoms with Crippen LogP contribution in [0.4, 0.5) is 0 Å². The molecule has 1 aliphatic carbocycles. The van der Waals surface area contributed by atoms with Gasteiger partial charge in [-0.25, -0.2) is 4.99 Å². The van der Waals surface area contributed by atoms with Crippen molar-refractivity contribution in [2.75, 3.05) is 25.4 Å². The number of hydrogen-bond acceptors (Lipinski definition) is 3. The van der Waals surface area contributed by atoms with Crippen LogP contribution in [-0.2, 0) is 28.6 Å². The highest BCUT2D eigenvalue weighted by molar-refractivity contribution is 14.0. The number of rotatable bonds is 6. The Kier molecular flexibility index (Phi) is 10.6. The molecule has 0 radical (unpaired) electrons. The SMILES string of the molecule is CCNC(=NCC(=O)N1CCc2ccccc2C1)NC1CCCC(S(=O)CC)C1.I. The molecule has 1 aromatic carbocycles. The Balaban J connectivity index is 0.00000320. The molecule has 1 heterocycles. The predicted octanol–water partition coefficient (Wildman–Crippen LogP) is 2.82. The third-order valence-corrected chi connectivity index (χ3v) is 7.56. The molecular weight excluding hydrogens is 511 g/mol. The van der Waals surface area contributed by atoms with E-state index in [0.717, 1.165) is 50.9 Å². The average Bonchev–Trinajstić information content (AvgIpc) is 2.76. The van der Waals surface area contributed by atoms with E-state index in [0.29, 0.717) is 12.5 Å². The Morgan fingerprint density at radius 1 is 1.23 bits per heavy atom. The summed E-state index contributed by atoms with van der Waals surface area (Å²) in [4.78, 5) is 19.2. The van der Waals surface area contributed by atoms with Crippen molar-refractivity contribution in [3.05, 3.63) is 35.4 Å². The summed E-state index contributed by atoms with van der Waals surface area (Å²) in [6.07, 6.45) is 4.99. The molecule has 1 aromatic rings. The molecule has 0 bridgehead atoms. The zero-order valence-electron chi connectivity index (χ0n) is 18.1. The number of hydrogen-bond donors (Lipinski definition) is 2. The smallest absolute Gasteiger partial charge is 0.244 e. The lowest BCUT2D eigenvalue weighted by Crippen LogP contribution is -2.47. The van der Waals surface area contributed by atoms with Gasteiger partial charge in [0.1, 0.15) is 6.54 Å². The highest BCUT2D eigenvalue weighted by atomic mass is 127. The van der Waals surface area contributed by atoms with Crippen molar-refractivity contribution in [1.29, 1.82) is 0 Å². The fourth-order valence-corrected chi connectivity index (χ4v) is 5.57. The number of halogens is 1. The molecule has 3 atom stereocenters. The van der Waals surface area contributed by atoms with E-state index in [1.54, 1.807) is 0 Å². The second-order valence-electron chi connectivity index (χ2n) is 7.83. The number of carbonyl (C=O) groups excluding carboxylic acids is 1. The lowest BCUT2D eigenvalue weighted by molar-refractivity contribution is -0.130. The van der Waals surface area contributed by atoms with Gasteiger partial charge in [0.2, 0.25) is 5.91 Å². The molecule has 1 aliphatic heterocycles. The van der Waals surface area contributed by atoms with Crippen LogP contribution in [0.15, 0.2) is 29.3 Å². The van der Waals surface area contributed by atoms with Crippen molar-refractivity contribution in [1.82, 2.24) is 15.5 Å². The number of benzene rings is 1. The minimum absolute atomic E-state index is 0. The summed E-state index contributed by atoms with van der Waals surface area (Å²) in [5.41, 5.74) is 2.57. The number of nitrogens with one attached hydrogen (secondary N) is 2. The van der Waals surface area contributed by atoms with Gasteiger partial charge in [-0.05, 0) is 43.7 Å². The fraction of sp³-hybridized carbons (Fsp3) is 0.636. The number of nitrogens with zero attached hydrogens (tertiary/aromatic N) is 2. The van der Waals surface area contributed by atoms with Crippen molar-refractivity contribution >= 4 is 46.6 Å². The molecule has 3 rings (SSSR count). The van der Waals surface area contributed by atoms with E-state index in [-0.39, 0.29) is 47.7 Å². The Morgan fingerprint density at radius 3 is 2.73 bits per heavy atom. The van der Waals surface area contributed by atoms with Crippen LogP contribution in [0.1, 0.15) is 50.7 Å². The van der Waals surface area contributed by atoms with Crippen molar-refractivity contribution in [2.24, 2.45) is 4.99 Å². The van der Waals surface area contributed by atoms with Crippen LogP contribution in [0, 0.1) is 0 Å². The first-order valence-electron chi connectivity index (χ1n) is 10.9. The van der Waals surface area contributed by atoms with Gasteiger partial charge in [-0.1, -0.05) is 37.6 Å². The topological polar surface area (TPSA) is 73.8 Å². The number of carbonyl (C=O) groups is 1. The molecule has 30 heavy (non-hydrogen) atoms. The van der Waals surface area contributed by atoms with Crippen LogP contribution < -0.4 is 10.6 Å². The minimum atomic E-state index is -0.746. The number of amides is 1. The van der Waals surface area contributed by atoms with Crippen LogP contribution in [0.25, 0.3) is 0 Å². The summed E-state index contributed by atoms with van der Waals surface area (Å²) in [5.74, 6) is 1.47. The van der Waals surface area contributed by atoms with E-state index in [1.807, 2.05) is 24.8 Å². The molecule has 0 saturated heterocycles. The van der Waals surface area contributed by atoms with Crippen molar-refractivity contribution in [3.63, 3.8) is 0 Å². The minimum Gasteiger partial charge on any atom is -0.357 e. The summed E-state index contributed by atoms with van der Waals surface area (Å²) in [5, 5.41) is 7.00. The predicted molar refractivity (Wildman–Crippen MR) is 135 cm³/mol. The molecule has 1 saturated carbocycles. The molecule has 6 nitrogen and oxygen atoms in total. The van der Waals surface area contributed by atoms with Gasteiger partial charge in [-0.3, -0.25) is 9.00 Å². The van der Waals surface area contributed by atoms with Crippen molar-refractivity contribution in [3.8, 4) is 0 Å². The van der Waals surface area contributed by atoms with E-state index in [4.69, 9.17) is 0 Å². The second kappa shape index (κ2) is 12.6. The van der Waals surface area contributed by atoms with E-state index >= 15 is 0 Å². The van der Waals surface area contributed by atoms with E-state index in [1.165, 1.54) is 11.1 Å².